The lowest BCUT2D eigenvalue weighted by molar-refractivity contribution is 0.102. The van der Waals surface area contributed by atoms with Crippen LogP contribution in [0.5, 0.6) is 0 Å². The van der Waals surface area contributed by atoms with Gasteiger partial charge in [-0.15, -0.1) is 12.4 Å². The molecule has 25 heavy (non-hydrogen) atoms. The fourth-order valence-corrected chi connectivity index (χ4v) is 3.00. The number of aryl methyl sites for hydroxylation is 1. The van der Waals surface area contributed by atoms with Crippen LogP contribution in [0.25, 0.3) is 11.0 Å². The molecule has 1 aliphatic rings. The van der Waals surface area contributed by atoms with Gasteiger partial charge in [0.05, 0.1) is 11.0 Å². The molecule has 0 unspecified atom stereocenters. The van der Waals surface area contributed by atoms with Gasteiger partial charge in [-0.05, 0) is 48.7 Å². The van der Waals surface area contributed by atoms with Crippen molar-refractivity contribution in [1.29, 1.82) is 0 Å². The molecule has 0 bridgehead atoms. The maximum atomic E-state index is 12.4. The minimum atomic E-state index is -0.128. The number of carbonyl (C=O) groups excluding carboxylic acids is 1. The molecule has 0 radical (unpaired) electrons. The predicted octanol–water partition coefficient (Wildman–Crippen LogP) is 3.58. The predicted molar refractivity (Wildman–Crippen MR) is 102 cm³/mol. The summed E-state index contributed by atoms with van der Waals surface area (Å²) in [4.78, 5) is 17.1. The van der Waals surface area contributed by atoms with Crippen LogP contribution in [-0.2, 0) is 13.6 Å². The summed E-state index contributed by atoms with van der Waals surface area (Å²) in [5, 5.41) is 2.94. The summed E-state index contributed by atoms with van der Waals surface area (Å²) >= 11 is 0. The van der Waals surface area contributed by atoms with Gasteiger partial charge < -0.3 is 15.6 Å². The van der Waals surface area contributed by atoms with E-state index in [-0.39, 0.29) is 18.3 Å². The van der Waals surface area contributed by atoms with Gasteiger partial charge in [-0.2, -0.15) is 0 Å². The quantitative estimate of drug-likeness (QED) is 0.750. The number of nitrogens with zero attached hydrogens (tertiary/aromatic N) is 2. The summed E-state index contributed by atoms with van der Waals surface area (Å²) in [6, 6.07) is 13.2. The number of rotatable bonds is 4. The molecular formula is C19H21ClN4O. The molecule has 2 aromatic carbocycles. The Bertz CT molecular complexity index is 913. The van der Waals surface area contributed by atoms with E-state index in [1.54, 1.807) is 12.1 Å². The number of nitrogens with two attached hydrogens (primary N) is 1. The Morgan fingerprint density at radius 2 is 1.96 bits per heavy atom. The Hall–Kier alpha value is -2.37. The fraction of sp³-hybridized carbons (Fsp3) is 0.263. The molecule has 1 saturated carbocycles. The lowest BCUT2D eigenvalue weighted by Gasteiger charge is -2.06. The Morgan fingerprint density at radius 1 is 1.24 bits per heavy atom. The van der Waals surface area contributed by atoms with Crippen molar-refractivity contribution < 1.29 is 4.79 Å². The van der Waals surface area contributed by atoms with Gasteiger partial charge in [-0.3, -0.25) is 4.79 Å². The van der Waals surface area contributed by atoms with Crippen molar-refractivity contribution in [1.82, 2.24) is 9.55 Å². The lowest BCUT2D eigenvalue weighted by Crippen LogP contribution is -2.12. The van der Waals surface area contributed by atoms with Gasteiger partial charge in [0, 0.05) is 30.8 Å². The molecule has 0 atom stereocenters. The van der Waals surface area contributed by atoms with E-state index in [1.165, 1.54) is 12.8 Å². The number of aromatic nitrogens is 2. The average Bonchev–Trinajstić information content (AvgIpc) is 3.39. The van der Waals surface area contributed by atoms with Crippen LogP contribution >= 0.6 is 12.4 Å². The number of fused-ring (bicyclic) bond motifs is 1. The minimum Gasteiger partial charge on any atom is -0.331 e. The first-order valence-electron chi connectivity index (χ1n) is 8.22. The normalized spacial score (nSPS) is 13.5. The summed E-state index contributed by atoms with van der Waals surface area (Å²) in [7, 11) is 2.06. The van der Waals surface area contributed by atoms with E-state index in [2.05, 4.69) is 16.9 Å². The van der Waals surface area contributed by atoms with E-state index in [4.69, 9.17) is 10.7 Å². The molecule has 1 heterocycles. The molecule has 4 rings (SSSR count). The van der Waals surface area contributed by atoms with Crippen LogP contribution in [0.15, 0.2) is 42.5 Å². The fourth-order valence-electron chi connectivity index (χ4n) is 3.00. The van der Waals surface area contributed by atoms with Gasteiger partial charge in [0.1, 0.15) is 5.82 Å². The van der Waals surface area contributed by atoms with Gasteiger partial charge in [-0.25, -0.2) is 4.98 Å². The highest BCUT2D eigenvalue weighted by Crippen LogP contribution is 2.40. The highest BCUT2D eigenvalue weighted by atomic mass is 35.5. The van der Waals surface area contributed by atoms with Gasteiger partial charge in [0.2, 0.25) is 0 Å². The van der Waals surface area contributed by atoms with Crippen molar-refractivity contribution in [2.75, 3.05) is 5.32 Å². The summed E-state index contributed by atoms with van der Waals surface area (Å²) < 4.78 is 2.16. The number of benzene rings is 2. The summed E-state index contributed by atoms with van der Waals surface area (Å²) in [6.45, 7) is 0.474. The largest absolute Gasteiger partial charge is 0.331 e. The molecule has 1 fully saturated rings. The Morgan fingerprint density at radius 3 is 2.60 bits per heavy atom. The molecule has 3 N–H and O–H groups in total. The highest BCUT2D eigenvalue weighted by Gasteiger charge is 2.28. The smallest absolute Gasteiger partial charge is 0.255 e. The average molecular weight is 357 g/mol. The van der Waals surface area contributed by atoms with Crippen molar-refractivity contribution >= 4 is 35.0 Å². The van der Waals surface area contributed by atoms with Gasteiger partial charge in [-0.1, -0.05) is 12.1 Å². The second-order valence-corrected chi connectivity index (χ2v) is 6.36. The topological polar surface area (TPSA) is 72.9 Å². The monoisotopic (exact) mass is 356 g/mol. The van der Waals surface area contributed by atoms with Gasteiger partial charge in [0.25, 0.3) is 5.91 Å². The van der Waals surface area contributed by atoms with E-state index in [0.29, 0.717) is 18.0 Å². The van der Waals surface area contributed by atoms with Crippen molar-refractivity contribution in [3.63, 3.8) is 0 Å². The molecule has 0 spiro atoms. The third-order valence-corrected chi connectivity index (χ3v) is 4.57. The van der Waals surface area contributed by atoms with E-state index < -0.39 is 0 Å². The Balaban J connectivity index is 0.00000182. The highest BCUT2D eigenvalue weighted by molar-refractivity contribution is 6.05. The number of hydrogen-bond donors (Lipinski definition) is 2. The Kier molecular flexibility index (Phi) is 4.79. The van der Waals surface area contributed by atoms with E-state index in [9.17, 15) is 4.79 Å². The third-order valence-electron chi connectivity index (χ3n) is 4.57. The standard InChI is InChI=1S/C19H20N4O.ClH/c1-23-17-9-8-15(10-16(17)22-18(23)13-6-7-13)21-19(24)14-4-2-12(11-20)3-5-14;/h2-5,8-10,13H,6-7,11,20H2,1H3,(H,21,24);1H. The number of carbonyl (C=O) groups is 1. The van der Waals surface area contributed by atoms with Crippen LogP contribution in [0, 0.1) is 0 Å². The van der Waals surface area contributed by atoms with Gasteiger partial charge >= 0.3 is 0 Å². The molecule has 1 aliphatic carbocycles. The number of anilines is 1. The van der Waals surface area contributed by atoms with Crippen LogP contribution in [-0.4, -0.2) is 15.5 Å². The number of imidazole rings is 1. The van der Waals surface area contributed by atoms with E-state index >= 15 is 0 Å². The SMILES string of the molecule is Cl.Cn1c(C2CC2)nc2cc(NC(=O)c3ccc(CN)cc3)ccc21. The van der Waals surface area contributed by atoms with E-state index in [1.807, 2.05) is 30.3 Å². The van der Waals surface area contributed by atoms with Crippen molar-refractivity contribution in [2.24, 2.45) is 12.8 Å². The molecule has 0 aliphatic heterocycles. The molecule has 1 amide bonds. The molecule has 6 heteroatoms. The second kappa shape index (κ2) is 6.86. The molecular weight excluding hydrogens is 336 g/mol. The molecule has 5 nitrogen and oxygen atoms in total. The van der Waals surface area contributed by atoms with Crippen molar-refractivity contribution in [2.45, 2.75) is 25.3 Å². The second-order valence-electron chi connectivity index (χ2n) is 6.36. The number of nitrogens with one attached hydrogen (secondary N) is 1. The van der Waals surface area contributed by atoms with Crippen LogP contribution in [0.3, 0.4) is 0 Å². The number of amides is 1. The third kappa shape index (κ3) is 3.38. The zero-order valence-corrected chi connectivity index (χ0v) is 14.8. The van der Waals surface area contributed by atoms with Crippen LogP contribution < -0.4 is 11.1 Å². The summed E-state index contributed by atoms with van der Waals surface area (Å²) in [5.74, 6) is 1.61. The number of halogens is 1. The van der Waals surface area contributed by atoms with E-state index in [0.717, 1.165) is 28.1 Å². The van der Waals surface area contributed by atoms with Crippen molar-refractivity contribution in [3.05, 3.63) is 59.4 Å². The van der Waals surface area contributed by atoms with Gasteiger partial charge in [0.15, 0.2) is 0 Å². The molecule has 3 aromatic rings. The molecule has 1 aromatic heterocycles. The zero-order chi connectivity index (χ0) is 16.7. The summed E-state index contributed by atoms with van der Waals surface area (Å²) in [6.07, 6.45) is 2.44. The molecule has 0 saturated heterocycles. The maximum absolute atomic E-state index is 12.4. The minimum absolute atomic E-state index is 0. The summed E-state index contributed by atoms with van der Waals surface area (Å²) in [5.41, 5.74) is 9.99. The zero-order valence-electron chi connectivity index (χ0n) is 14.0. The van der Waals surface area contributed by atoms with Crippen LogP contribution in [0.1, 0.15) is 40.5 Å². The lowest BCUT2D eigenvalue weighted by atomic mass is 10.1. The molecule has 130 valence electrons. The number of hydrogen-bond acceptors (Lipinski definition) is 3. The Labute approximate surface area is 152 Å². The van der Waals surface area contributed by atoms with Crippen LogP contribution in [0.4, 0.5) is 5.69 Å². The maximum Gasteiger partial charge on any atom is 0.255 e. The van der Waals surface area contributed by atoms with Crippen LogP contribution in [0.2, 0.25) is 0 Å². The first-order valence-corrected chi connectivity index (χ1v) is 8.22. The first-order chi connectivity index (χ1) is 11.7. The first kappa shape index (κ1) is 17.5. The van der Waals surface area contributed by atoms with Crippen molar-refractivity contribution in [3.8, 4) is 0 Å².